The average Bonchev–Trinajstić information content (AvgIpc) is 3.32. The summed E-state index contributed by atoms with van der Waals surface area (Å²) in [6.07, 6.45) is 2.68. The Balaban J connectivity index is 1.64. The fourth-order valence-corrected chi connectivity index (χ4v) is 5.94. The second kappa shape index (κ2) is 9.00. The minimum absolute atomic E-state index is 0.00613. The van der Waals surface area contributed by atoms with Crippen LogP contribution in [0.15, 0.2) is 18.2 Å². The fraction of sp³-hybridized carbons (Fsp3) is 0.565. The van der Waals surface area contributed by atoms with Gasteiger partial charge in [0, 0.05) is 46.5 Å². The minimum atomic E-state index is -2.99. The number of thioether (sulfide) groups is 1. The van der Waals surface area contributed by atoms with Gasteiger partial charge in [0.1, 0.15) is 11.6 Å². The molecule has 1 aromatic heterocycles. The molecule has 1 aliphatic heterocycles. The number of benzene rings is 1. The zero-order valence-corrected chi connectivity index (χ0v) is 19.3. The highest BCUT2D eigenvalue weighted by Crippen LogP contribution is 2.38. The van der Waals surface area contributed by atoms with Gasteiger partial charge in [0.05, 0.1) is 5.69 Å². The van der Waals surface area contributed by atoms with E-state index in [4.69, 9.17) is 0 Å². The van der Waals surface area contributed by atoms with Gasteiger partial charge >= 0.3 is 6.61 Å². The standard InChI is InChI=1S/C23H28F3N3O2S/c1-13(2)29-19-10-14(21(30)27-23(3)8-9-32-12-23)4-6-16(19)20(28-29)17-11-15(31-22(25)26)5-7-18(17)24/h5,7,11,13-14,22H,4,6,8-10,12H2,1-3H3,(H,27,30). The molecule has 2 aromatic rings. The number of hydrogen-bond acceptors (Lipinski definition) is 4. The van der Waals surface area contributed by atoms with E-state index < -0.39 is 12.4 Å². The first-order valence-electron chi connectivity index (χ1n) is 10.9. The van der Waals surface area contributed by atoms with Crippen LogP contribution in [0.2, 0.25) is 0 Å². The Kier molecular flexibility index (Phi) is 6.47. The van der Waals surface area contributed by atoms with Gasteiger partial charge in [-0.15, -0.1) is 0 Å². The van der Waals surface area contributed by atoms with Crippen LogP contribution in [0.3, 0.4) is 0 Å². The van der Waals surface area contributed by atoms with Gasteiger partial charge in [0.2, 0.25) is 5.91 Å². The average molecular weight is 468 g/mol. The summed E-state index contributed by atoms with van der Waals surface area (Å²) in [7, 11) is 0. The molecular weight excluding hydrogens is 439 g/mol. The summed E-state index contributed by atoms with van der Waals surface area (Å²) < 4.78 is 46.3. The van der Waals surface area contributed by atoms with E-state index in [1.807, 2.05) is 30.3 Å². The summed E-state index contributed by atoms with van der Waals surface area (Å²) in [6, 6.07) is 3.57. The van der Waals surface area contributed by atoms with E-state index in [0.29, 0.717) is 25.0 Å². The van der Waals surface area contributed by atoms with Crippen molar-refractivity contribution in [1.29, 1.82) is 0 Å². The Morgan fingerprint density at radius 2 is 2.16 bits per heavy atom. The number of halogens is 3. The fourth-order valence-electron chi connectivity index (χ4n) is 4.53. The summed E-state index contributed by atoms with van der Waals surface area (Å²) in [6.45, 7) is 3.05. The van der Waals surface area contributed by atoms with Crippen LogP contribution in [0.5, 0.6) is 5.75 Å². The smallest absolute Gasteiger partial charge is 0.387 e. The molecule has 0 bridgehead atoms. The van der Waals surface area contributed by atoms with Crippen molar-refractivity contribution < 1.29 is 22.7 Å². The maximum absolute atomic E-state index is 14.7. The first-order chi connectivity index (χ1) is 15.2. The van der Waals surface area contributed by atoms with Crippen molar-refractivity contribution in [2.24, 2.45) is 5.92 Å². The molecule has 174 valence electrons. The Morgan fingerprint density at radius 3 is 2.81 bits per heavy atom. The van der Waals surface area contributed by atoms with Gasteiger partial charge in [-0.05, 0) is 64.0 Å². The molecule has 1 N–H and O–H groups in total. The lowest BCUT2D eigenvalue weighted by Crippen LogP contribution is -2.49. The SMILES string of the molecule is CC(C)n1nc(-c2cc(OC(F)F)ccc2F)c2c1CC(C(=O)NC1(C)CCSC1)CC2. The zero-order chi connectivity index (χ0) is 23.0. The van der Waals surface area contributed by atoms with Crippen molar-refractivity contribution in [2.75, 3.05) is 11.5 Å². The molecule has 1 aromatic carbocycles. The van der Waals surface area contributed by atoms with Gasteiger partial charge in [-0.2, -0.15) is 25.6 Å². The molecule has 5 nitrogen and oxygen atoms in total. The van der Waals surface area contributed by atoms with Crippen LogP contribution in [0, 0.1) is 11.7 Å². The molecule has 1 fully saturated rings. The number of hydrogen-bond donors (Lipinski definition) is 1. The Bertz CT molecular complexity index is 1000. The number of nitrogens with one attached hydrogen (secondary N) is 1. The highest BCUT2D eigenvalue weighted by atomic mass is 32.2. The molecule has 32 heavy (non-hydrogen) atoms. The van der Waals surface area contributed by atoms with Gasteiger partial charge in [-0.1, -0.05) is 0 Å². The molecule has 2 atom stereocenters. The predicted octanol–water partition coefficient (Wildman–Crippen LogP) is 4.99. The Hall–Kier alpha value is -2.16. The Labute approximate surface area is 190 Å². The number of rotatable bonds is 6. The normalized spacial score (nSPS) is 22.9. The third kappa shape index (κ3) is 4.63. The molecule has 2 aliphatic rings. The van der Waals surface area contributed by atoms with Gasteiger partial charge in [0.15, 0.2) is 0 Å². The van der Waals surface area contributed by atoms with Gasteiger partial charge in [-0.25, -0.2) is 4.39 Å². The van der Waals surface area contributed by atoms with Crippen molar-refractivity contribution >= 4 is 17.7 Å². The van der Waals surface area contributed by atoms with Gasteiger partial charge in [-0.3, -0.25) is 9.48 Å². The van der Waals surface area contributed by atoms with E-state index in [2.05, 4.69) is 22.1 Å². The number of ether oxygens (including phenoxy) is 1. The van der Waals surface area contributed by atoms with E-state index in [1.165, 1.54) is 12.1 Å². The van der Waals surface area contributed by atoms with E-state index in [-0.39, 0.29) is 34.7 Å². The third-order valence-corrected chi connectivity index (χ3v) is 7.56. The van der Waals surface area contributed by atoms with Gasteiger partial charge in [0.25, 0.3) is 0 Å². The number of nitrogens with zero attached hydrogens (tertiary/aromatic N) is 2. The molecule has 4 rings (SSSR count). The summed E-state index contributed by atoms with van der Waals surface area (Å²) in [5.74, 6) is 1.19. The quantitative estimate of drug-likeness (QED) is 0.651. The highest BCUT2D eigenvalue weighted by Gasteiger charge is 2.36. The van der Waals surface area contributed by atoms with Crippen molar-refractivity contribution in [3.8, 4) is 17.0 Å². The number of carbonyl (C=O) groups excluding carboxylic acids is 1. The molecule has 0 spiro atoms. The summed E-state index contributed by atoms with van der Waals surface area (Å²) >= 11 is 1.85. The van der Waals surface area contributed by atoms with Crippen LogP contribution in [0.4, 0.5) is 13.2 Å². The minimum Gasteiger partial charge on any atom is -0.435 e. The van der Waals surface area contributed by atoms with Crippen molar-refractivity contribution in [3.63, 3.8) is 0 Å². The molecule has 1 saturated heterocycles. The maximum atomic E-state index is 14.7. The maximum Gasteiger partial charge on any atom is 0.387 e. The molecule has 9 heteroatoms. The Morgan fingerprint density at radius 1 is 1.38 bits per heavy atom. The second-order valence-corrected chi connectivity index (χ2v) is 10.2. The first kappa shape index (κ1) is 23.0. The molecule has 2 heterocycles. The van der Waals surface area contributed by atoms with Gasteiger partial charge < -0.3 is 10.1 Å². The molecule has 1 amide bonds. The highest BCUT2D eigenvalue weighted by molar-refractivity contribution is 7.99. The second-order valence-electron chi connectivity index (χ2n) is 9.12. The monoisotopic (exact) mass is 467 g/mol. The van der Waals surface area contributed by atoms with Crippen molar-refractivity contribution in [2.45, 2.75) is 64.6 Å². The number of alkyl halides is 2. The number of carbonyl (C=O) groups is 1. The zero-order valence-electron chi connectivity index (χ0n) is 18.5. The van der Waals surface area contributed by atoms with Crippen molar-refractivity contribution in [1.82, 2.24) is 15.1 Å². The number of amides is 1. The summed E-state index contributed by atoms with van der Waals surface area (Å²) in [5, 5.41) is 7.89. The van der Waals surface area contributed by atoms with E-state index in [1.54, 1.807) is 0 Å². The predicted molar refractivity (Wildman–Crippen MR) is 119 cm³/mol. The third-order valence-electron chi connectivity index (χ3n) is 6.22. The summed E-state index contributed by atoms with van der Waals surface area (Å²) in [4.78, 5) is 13.0. The topological polar surface area (TPSA) is 56.2 Å². The lowest BCUT2D eigenvalue weighted by Gasteiger charge is -2.30. The van der Waals surface area contributed by atoms with Crippen LogP contribution >= 0.6 is 11.8 Å². The van der Waals surface area contributed by atoms with Crippen LogP contribution in [0.25, 0.3) is 11.3 Å². The van der Waals surface area contributed by atoms with Crippen LogP contribution < -0.4 is 10.1 Å². The van der Waals surface area contributed by atoms with E-state index >= 15 is 0 Å². The molecule has 0 saturated carbocycles. The van der Waals surface area contributed by atoms with E-state index in [9.17, 15) is 18.0 Å². The molecule has 0 radical (unpaired) electrons. The molecule has 1 aliphatic carbocycles. The summed E-state index contributed by atoms with van der Waals surface area (Å²) in [5.41, 5.74) is 2.19. The molecular formula is C23H28F3N3O2S. The van der Waals surface area contributed by atoms with Crippen LogP contribution in [0.1, 0.15) is 50.9 Å². The number of fused-ring (bicyclic) bond motifs is 1. The molecule has 2 unspecified atom stereocenters. The van der Waals surface area contributed by atoms with E-state index in [0.717, 1.165) is 35.3 Å². The largest absolute Gasteiger partial charge is 0.435 e. The lowest BCUT2D eigenvalue weighted by molar-refractivity contribution is -0.126. The van der Waals surface area contributed by atoms with Crippen molar-refractivity contribution in [3.05, 3.63) is 35.3 Å². The first-order valence-corrected chi connectivity index (χ1v) is 12.1. The lowest BCUT2D eigenvalue weighted by atomic mass is 9.84. The van der Waals surface area contributed by atoms with Crippen LogP contribution in [-0.2, 0) is 17.6 Å². The number of aromatic nitrogens is 2. The van der Waals surface area contributed by atoms with Crippen LogP contribution in [-0.4, -0.2) is 39.3 Å².